The summed E-state index contributed by atoms with van der Waals surface area (Å²) in [6.45, 7) is 2.62. The molecule has 0 radical (unpaired) electrons. The Bertz CT molecular complexity index is 836. The highest BCUT2D eigenvalue weighted by atomic mass is 16.1. The quantitative estimate of drug-likeness (QED) is 0.787. The zero-order chi connectivity index (χ0) is 16.2. The molecule has 1 heterocycles. The van der Waals surface area contributed by atoms with Crippen LogP contribution in [0.15, 0.2) is 48.8 Å². The van der Waals surface area contributed by atoms with Crippen molar-refractivity contribution in [1.29, 1.82) is 0 Å². The molecule has 2 aromatic carbocycles. The van der Waals surface area contributed by atoms with Crippen LogP contribution in [0.3, 0.4) is 0 Å². The second-order valence-electron chi connectivity index (χ2n) is 5.88. The monoisotopic (exact) mass is 307 g/mol. The Labute approximate surface area is 136 Å². The van der Waals surface area contributed by atoms with E-state index in [0.717, 1.165) is 23.0 Å². The van der Waals surface area contributed by atoms with Crippen LogP contribution < -0.4 is 5.32 Å². The number of benzene rings is 2. The molecule has 0 fully saturated rings. The number of imidazole rings is 1. The number of carbonyl (C=O) groups is 1. The van der Waals surface area contributed by atoms with Crippen molar-refractivity contribution in [3.63, 3.8) is 0 Å². The van der Waals surface area contributed by atoms with E-state index in [9.17, 15) is 4.79 Å². The highest BCUT2D eigenvalue weighted by molar-refractivity contribution is 5.77. The van der Waals surface area contributed by atoms with Crippen molar-refractivity contribution in [2.45, 2.75) is 26.3 Å². The first-order valence-corrected chi connectivity index (χ1v) is 7.84. The van der Waals surface area contributed by atoms with Crippen molar-refractivity contribution in [3.8, 4) is 0 Å². The molecule has 0 saturated heterocycles. The zero-order valence-corrected chi connectivity index (χ0v) is 13.5. The van der Waals surface area contributed by atoms with E-state index in [2.05, 4.69) is 29.4 Å². The van der Waals surface area contributed by atoms with E-state index in [1.54, 1.807) is 6.33 Å². The highest BCUT2D eigenvalue weighted by Crippen LogP contribution is 2.14. The Morgan fingerprint density at radius 1 is 1.22 bits per heavy atom. The summed E-state index contributed by atoms with van der Waals surface area (Å²) >= 11 is 0. The SMILES string of the molecule is Cc1ccccc1CCC(=O)NCc1ccc2c(c1)ncn2C. The van der Waals surface area contributed by atoms with Gasteiger partial charge in [0, 0.05) is 20.0 Å². The summed E-state index contributed by atoms with van der Waals surface area (Å²) in [5.74, 6) is 0.0781. The van der Waals surface area contributed by atoms with Gasteiger partial charge in [-0.2, -0.15) is 0 Å². The first-order valence-electron chi connectivity index (χ1n) is 7.84. The van der Waals surface area contributed by atoms with Crippen LogP contribution in [-0.2, 0) is 24.8 Å². The van der Waals surface area contributed by atoms with Crippen LogP contribution in [0.1, 0.15) is 23.1 Å². The lowest BCUT2D eigenvalue weighted by Crippen LogP contribution is -2.23. The first kappa shape index (κ1) is 15.3. The van der Waals surface area contributed by atoms with E-state index >= 15 is 0 Å². The number of hydrogen-bond donors (Lipinski definition) is 1. The van der Waals surface area contributed by atoms with Gasteiger partial charge in [-0.1, -0.05) is 30.3 Å². The summed E-state index contributed by atoms with van der Waals surface area (Å²) in [4.78, 5) is 16.4. The topological polar surface area (TPSA) is 46.9 Å². The Morgan fingerprint density at radius 3 is 2.87 bits per heavy atom. The van der Waals surface area contributed by atoms with E-state index < -0.39 is 0 Å². The van der Waals surface area contributed by atoms with Crippen LogP contribution >= 0.6 is 0 Å². The fourth-order valence-corrected chi connectivity index (χ4v) is 2.72. The van der Waals surface area contributed by atoms with E-state index in [-0.39, 0.29) is 5.91 Å². The molecule has 0 aliphatic carbocycles. The minimum absolute atomic E-state index is 0.0781. The van der Waals surface area contributed by atoms with Gasteiger partial charge in [-0.15, -0.1) is 0 Å². The van der Waals surface area contributed by atoms with Crippen molar-refractivity contribution in [1.82, 2.24) is 14.9 Å². The van der Waals surface area contributed by atoms with Gasteiger partial charge >= 0.3 is 0 Å². The molecule has 1 amide bonds. The fourth-order valence-electron chi connectivity index (χ4n) is 2.72. The van der Waals surface area contributed by atoms with Crippen LogP contribution in [0.2, 0.25) is 0 Å². The van der Waals surface area contributed by atoms with Gasteiger partial charge in [-0.25, -0.2) is 4.98 Å². The van der Waals surface area contributed by atoms with E-state index in [4.69, 9.17) is 0 Å². The van der Waals surface area contributed by atoms with E-state index in [1.807, 2.05) is 41.9 Å². The van der Waals surface area contributed by atoms with Gasteiger partial charge in [0.15, 0.2) is 0 Å². The molecule has 1 N–H and O–H groups in total. The average Bonchev–Trinajstić information content (AvgIpc) is 2.93. The Hall–Kier alpha value is -2.62. The van der Waals surface area contributed by atoms with Crippen molar-refractivity contribution < 1.29 is 4.79 Å². The number of carbonyl (C=O) groups excluding carboxylic acids is 1. The summed E-state index contributed by atoms with van der Waals surface area (Å²) in [7, 11) is 1.97. The molecule has 0 spiro atoms. The maximum Gasteiger partial charge on any atom is 0.220 e. The maximum atomic E-state index is 12.0. The molecule has 0 unspecified atom stereocenters. The molecule has 118 valence electrons. The molecule has 0 aliphatic rings. The van der Waals surface area contributed by atoms with Gasteiger partial charge in [-0.05, 0) is 42.2 Å². The van der Waals surface area contributed by atoms with Crippen molar-refractivity contribution in [2.75, 3.05) is 0 Å². The second kappa shape index (κ2) is 6.65. The molecule has 0 aliphatic heterocycles. The summed E-state index contributed by atoms with van der Waals surface area (Å²) in [6.07, 6.45) is 3.09. The summed E-state index contributed by atoms with van der Waals surface area (Å²) < 4.78 is 1.99. The number of aryl methyl sites for hydroxylation is 3. The standard InChI is InChI=1S/C19H21N3O/c1-14-5-3-4-6-16(14)8-10-19(23)20-12-15-7-9-18-17(11-15)21-13-22(18)2/h3-7,9,11,13H,8,10,12H2,1-2H3,(H,20,23). The molecule has 3 rings (SSSR count). The second-order valence-corrected chi connectivity index (χ2v) is 5.88. The summed E-state index contributed by atoms with van der Waals surface area (Å²) in [5, 5.41) is 2.99. The normalized spacial score (nSPS) is 10.9. The van der Waals surface area contributed by atoms with Gasteiger partial charge in [0.25, 0.3) is 0 Å². The van der Waals surface area contributed by atoms with Gasteiger partial charge in [0.2, 0.25) is 5.91 Å². The molecular formula is C19H21N3O. The van der Waals surface area contributed by atoms with Crippen LogP contribution in [-0.4, -0.2) is 15.5 Å². The van der Waals surface area contributed by atoms with Crippen molar-refractivity contribution in [2.24, 2.45) is 7.05 Å². The Kier molecular flexibility index (Phi) is 4.42. The molecule has 0 saturated carbocycles. The molecule has 4 heteroatoms. The third kappa shape index (κ3) is 3.59. The minimum Gasteiger partial charge on any atom is -0.352 e. The third-order valence-corrected chi connectivity index (χ3v) is 4.16. The predicted octanol–water partition coefficient (Wildman–Crippen LogP) is 3.13. The Morgan fingerprint density at radius 2 is 2.04 bits per heavy atom. The lowest BCUT2D eigenvalue weighted by molar-refractivity contribution is -0.121. The molecule has 1 aromatic heterocycles. The van der Waals surface area contributed by atoms with E-state index in [1.165, 1.54) is 11.1 Å². The average molecular weight is 307 g/mol. The van der Waals surface area contributed by atoms with Crippen LogP contribution in [0, 0.1) is 6.92 Å². The first-order chi connectivity index (χ1) is 11.1. The van der Waals surface area contributed by atoms with Crippen LogP contribution in [0.5, 0.6) is 0 Å². The third-order valence-electron chi connectivity index (χ3n) is 4.16. The van der Waals surface area contributed by atoms with Crippen molar-refractivity contribution >= 4 is 16.9 Å². The van der Waals surface area contributed by atoms with E-state index in [0.29, 0.717) is 13.0 Å². The number of aromatic nitrogens is 2. The molecule has 4 nitrogen and oxygen atoms in total. The highest BCUT2D eigenvalue weighted by Gasteiger charge is 2.05. The number of fused-ring (bicyclic) bond motifs is 1. The molecule has 0 atom stereocenters. The zero-order valence-electron chi connectivity index (χ0n) is 13.5. The largest absolute Gasteiger partial charge is 0.352 e. The number of nitrogens with one attached hydrogen (secondary N) is 1. The smallest absolute Gasteiger partial charge is 0.220 e. The summed E-state index contributed by atoms with van der Waals surface area (Å²) in [6, 6.07) is 14.3. The van der Waals surface area contributed by atoms with Crippen LogP contribution in [0.25, 0.3) is 11.0 Å². The van der Waals surface area contributed by atoms with Gasteiger partial charge in [0.05, 0.1) is 17.4 Å². The maximum absolute atomic E-state index is 12.0. The van der Waals surface area contributed by atoms with Crippen molar-refractivity contribution in [3.05, 3.63) is 65.5 Å². The number of rotatable bonds is 5. The fraction of sp³-hybridized carbons (Fsp3) is 0.263. The molecular weight excluding hydrogens is 286 g/mol. The van der Waals surface area contributed by atoms with Crippen LogP contribution in [0.4, 0.5) is 0 Å². The molecule has 23 heavy (non-hydrogen) atoms. The minimum atomic E-state index is 0.0781. The van der Waals surface area contributed by atoms with Gasteiger partial charge < -0.3 is 9.88 Å². The summed E-state index contributed by atoms with van der Waals surface area (Å²) in [5.41, 5.74) is 5.60. The van der Waals surface area contributed by atoms with Gasteiger partial charge in [-0.3, -0.25) is 4.79 Å². The number of amides is 1. The lowest BCUT2D eigenvalue weighted by atomic mass is 10.0. The lowest BCUT2D eigenvalue weighted by Gasteiger charge is -2.07. The molecule has 3 aromatic rings. The Balaban J connectivity index is 1.54. The molecule has 0 bridgehead atoms. The predicted molar refractivity (Wildman–Crippen MR) is 92.1 cm³/mol. The number of nitrogens with zero attached hydrogens (tertiary/aromatic N) is 2. The number of hydrogen-bond acceptors (Lipinski definition) is 2. The van der Waals surface area contributed by atoms with Gasteiger partial charge in [0.1, 0.15) is 0 Å².